The largest absolute Gasteiger partial charge is 0.314 e. The summed E-state index contributed by atoms with van der Waals surface area (Å²) in [5, 5.41) is 0. The molecule has 0 aromatic heterocycles. The first kappa shape index (κ1) is 14.9. The smallest absolute Gasteiger partial charge is 0.238 e. The zero-order valence-corrected chi connectivity index (χ0v) is 12.7. The van der Waals surface area contributed by atoms with E-state index in [2.05, 4.69) is 0 Å². The number of carbonyl (C=O) groups excluding carboxylic acids is 1. The summed E-state index contributed by atoms with van der Waals surface area (Å²) in [5.74, 6) is -1.21. The maximum atomic E-state index is 13.5. The van der Waals surface area contributed by atoms with Crippen LogP contribution in [0.3, 0.4) is 0 Å². The van der Waals surface area contributed by atoms with Gasteiger partial charge in [0.15, 0.2) is 0 Å². The van der Waals surface area contributed by atoms with Crippen molar-refractivity contribution < 1.29 is 17.6 Å². The minimum atomic E-state index is -3.59. The highest BCUT2D eigenvalue weighted by Gasteiger charge is 2.49. The predicted molar refractivity (Wildman–Crippen MR) is 74.6 cm³/mol. The van der Waals surface area contributed by atoms with Crippen molar-refractivity contribution in [2.45, 2.75) is 12.3 Å². The number of sulfonamides is 1. The van der Waals surface area contributed by atoms with Crippen molar-refractivity contribution in [2.75, 3.05) is 31.8 Å². The second-order valence-corrected chi connectivity index (χ2v) is 7.58. The molecule has 0 bridgehead atoms. The molecule has 1 heterocycles. The lowest BCUT2D eigenvalue weighted by Crippen LogP contribution is -2.44. The molecule has 1 aliphatic rings. The van der Waals surface area contributed by atoms with E-state index in [1.807, 2.05) is 0 Å². The van der Waals surface area contributed by atoms with E-state index in [-0.39, 0.29) is 11.7 Å². The molecule has 0 N–H and O–H groups in total. The van der Waals surface area contributed by atoms with Gasteiger partial charge in [0.25, 0.3) is 0 Å². The highest BCUT2D eigenvalue weighted by atomic mass is 32.2. The number of rotatable bonds is 3. The van der Waals surface area contributed by atoms with Crippen molar-refractivity contribution >= 4 is 21.6 Å². The zero-order valence-electron chi connectivity index (χ0n) is 11.8. The van der Waals surface area contributed by atoms with E-state index < -0.39 is 21.3 Å². The third-order valence-corrected chi connectivity index (χ3v) is 5.77. The van der Waals surface area contributed by atoms with E-state index in [9.17, 15) is 17.6 Å². The molecule has 2 rings (SSSR count). The Labute approximate surface area is 118 Å². The lowest BCUT2D eigenvalue weighted by atomic mass is 9.86. The van der Waals surface area contributed by atoms with Crippen molar-refractivity contribution in [1.29, 1.82) is 0 Å². The van der Waals surface area contributed by atoms with Gasteiger partial charge in [0.2, 0.25) is 15.9 Å². The molecule has 0 radical (unpaired) electrons. The van der Waals surface area contributed by atoms with Crippen LogP contribution in [-0.2, 0) is 20.2 Å². The molecule has 20 heavy (non-hydrogen) atoms. The van der Waals surface area contributed by atoms with Crippen LogP contribution in [0.4, 0.5) is 10.1 Å². The number of carbonyl (C=O) groups is 1. The van der Waals surface area contributed by atoms with Gasteiger partial charge in [-0.05, 0) is 30.7 Å². The molecule has 7 heteroatoms. The lowest BCUT2D eigenvalue weighted by Gasteiger charge is -2.25. The van der Waals surface area contributed by atoms with Gasteiger partial charge < -0.3 is 4.90 Å². The first-order valence-corrected chi connectivity index (χ1v) is 7.69. The zero-order chi connectivity index (χ0) is 15.3. The molecule has 0 aliphatic carbocycles. The Balaban J connectivity index is 2.58. The minimum Gasteiger partial charge on any atom is -0.314 e. The van der Waals surface area contributed by atoms with Crippen LogP contribution < -0.4 is 4.90 Å². The maximum absolute atomic E-state index is 13.5. The van der Waals surface area contributed by atoms with Crippen LogP contribution >= 0.6 is 0 Å². The van der Waals surface area contributed by atoms with E-state index in [0.717, 1.165) is 4.31 Å². The number of halogens is 1. The van der Waals surface area contributed by atoms with Crippen molar-refractivity contribution in [1.82, 2.24) is 4.31 Å². The van der Waals surface area contributed by atoms with Crippen LogP contribution in [0.1, 0.15) is 12.5 Å². The summed E-state index contributed by atoms with van der Waals surface area (Å²) in [5.41, 5.74) is -0.307. The van der Waals surface area contributed by atoms with Crippen LogP contribution in [0.15, 0.2) is 18.2 Å². The highest BCUT2D eigenvalue weighted by Crippen LogP contribution is 2.42. The summed E-state index contributed by atoms with van der Waals surface area (Å²) in [4.78, 5) is 13.8. The normalized spacial score (nSPS) is 22.5. The Morgan fingerprint density at radius 3 is 2.50 bits per heavy atom. The molecular formula is C13H17FN2O3S. The summed E-state index contributed by atoms with van der Waals surface area (Å²) in [6, 6.07) is 3.99. The summed E-state index contributed by atoms with van der Waals surface area (Å²) >= 11 is 0. The number of anilines is 1. The first-order valence-electron chi connectivity index (χ1n) is 6.08. The Morgan fingerprint density at radius 1 is 1.35 bits per heavy atom. The second-order valence-electron chi connectivity index (χ2n) is 5.40. The Bertz CT molecular complexity index is 672. The van der Waals surface area contributed by atoms with Crippen LogP contribution in [0.25, 0.3) is 0 Å². The average molecular weight is 300 g/mol. The third kappa shape index (κ3) is 2.10. The van der Waals surface area contributed by atoms with Crippen molar-refractivity contribution in [3.63, 3.8) is 0 Å². The summed E-state index contributed by atoms with van der Waals surface area (Å²) in [7, 11) is 0.796. The molecule has 1 aromatic rings. The van der Waals surface area contributed by atoms with E-state index in [4.69, 9.17) is 0 Å². The van der Waals surface area contributed by atoms with Crippen molar-refractivity contribution in [3.05, 3.63) is 29.6 Å². The molecule has 110 valence electrons. The topological polar surface area (TPSA) is 57.7 Å². The number of likely N-dealkylation sites (N-methyl/N-ethyl adjacent to an activating group) is 1. The van der Waals surface area contributed by atoms with E-state index in [1.165, 1.54) is 44.1 Å². The maximum Gasteiger partial charge on any atom is 0.238 e. The quantitative estimate of drug-likeness (QED) is 0.835. The molecule has 1 amide bonds. The molecule has 5 nitrogen and oxygen atoms in total. The predicted octanol–water partition coefficient (Wildman–Crippen LogP) is 0.951. The van der Waals surface area contributed by atoms with Gasteiger partial charge in [-0.3, -0.25) is 4.79 Å². The summed E-state index contributed by atoms with van der Waals surface area (Å²) in [6.07, 6.45) is 0. The third-order valence-electron chi connectivity index (χ3n) is 3.72. The first-order chi connectivity index (χ1) is 9.09. The Hall–Kier alpha value is -1.47. The van der Waals surface area contributed by atoms with E-state index >= 15 is 0 Å². The fourth-order valence-corrected chi connectivity index (χ4v) is 3.74. The number of hydrogen-bond acceptors (Lipinski definition) is 3. The van der Waals surface area contributed by atoms with Gasteiger partial charge in [0, 0.05) is 26.8 Å². The van der Waals surface area contributed by atoms with Gasteiger partial charge in [0.1, 0.15) is 5.82 Å². The van der Waals surface area contributed by atoms with Crippen molar-refractivity contribution in [3.8, 4) is 0 Å². The molecule has 0 fully saturated rings. The van der Waals surface area contributed by atoms with Gasteiger partial charge in [-0.15, -0.1) is 0 Å². The molecule has 0 spiro atoms. The Kier molecular flexibility index (Phi) is 3.38. The van der Waals surface area contributed by atoms with Gasteiger partial charge in [-0.25, -0.2) is 17.1 Å². The van der Waals surface area contributed by atoms with Crippen LogP contribution in [0.5, 0.6) is 0 Å². The van der Waals surface area contributed by atoms with Gasteiger partial charge >= 0.3 is 0 Å². The molecular weight excluding hydrogens is 283 g/mol. The van der Waals surface area contributed by atoms with Gasteiger partial charge in [-0.2, -0.15) is 0 Å². The van der Waals surface area contributed by atoms with Crippen molar-refractivity contribution in [2.24, 2.45) is 0 Å². The van der Waals surface area contributed by atoms with Gasteiger partial charge in [0.05, 0.1) is 11.2 Å². The van der Waals surface area contributed by atoms with Crippen LogP contribution in [0.2, 0.25) is 0 Å². The summed E-state index contributed by atoms with van der Waals surface area (Å²) in [6.45, 7) is 1.54. The summed E-state index contributed by atoms with van der Waals surface area (Å²) < 4.78 is 38.7. The van der Waals surface area contributed by atoms with Gasteiger partial charge in [-0.1, -0.05) is 0 Å². The van der Waals surface area contributed by atoms with E-state index in [0.29, 0.717) is 11.3 Å². The molecule has 0 saturated heterocycles. The second kappa shape index (κ2) is 4.53. The number of fused-ring (bicyclic) bond motifs is 1. The van der Waals surface area contributed by atoms with E-state index in [1.54, 1.807) is 7.05 Å². The monoisotopic (exact) mass is 300 g/mol. The molecule has 1 atom stereocenters. The number of amides is 1. The molecule has 1 aliphatic heterocycles. The number of benzene rings is 1. The fourth-order valence-electron chi connectivity index (χ4n) is 2.47. The van der Waals surface area contributed by atoms with Crippen LogP contribution in [0, 0.1) is 5.82 Å². The lowest BCUT2D eigenvalue weighted by molar-refractivity contribution is -0.121. The number of hydrogen-bond donors (Lipinski definition) is 0. The average Bonchev–Trinajstić information content (AvgIpc) is 2.51. The SMILES string of the molecule is CN1C(=O)C(C)(CS(=O)(=O)N(C)C)c2cc(F)ccc21. The molecule has 1 unspecified atom stereocenters. The standard InChI is InChI=1S/C13H17FN2O3S/c1-13(8-20(18,19)15(2)3)10-7-9(14)5-6-11(10)16(4)12(13)17/h5-7H,8H2,1-4H3. The molecule has 0 saturated carbocycles. The minimum absolute atomic E-state index is 0.344. The Morgan fingerprint density at radius 2 is 1.95 bits per heavy atom. The molecule has 1 aromatic carbocycles. The highest BCUT2D eigenvalue weighted by molar-refractivity contribution is 7.89. The van der Waals surface area contributed by atoms with Crippen LogP contribution in [-0.4, -0.2) is 45.5 Å². The number of nitrogens with zero attached hydrogens (tertiary/aromatic N) is 2. The fraction of sp³-hybridized carbons (Fsp3) is 0.462.